The van der Waals surface area contributed by atoms with Gasteiger partial charge in [0.25, 0.3) is 0 Å². The lowest BCUT2D eigenvalue weighted by Crippen LogP contribution is -2.55. The van der Waals surface area contributed by atoms with E-state index in [9.17, 15) is 19.5 Å². The van der Waals surface area contributed by atoms with E-state index in [1.807, 2.05) is 36.4 Å². The molecular formula is C25H29N3O6. The number of rotatable bonds is 8. The topological polar surface area (TPSA) is 117 Å². The molecule has 3 N–H and O–H groups in total. The van der Waals surface area contributed by atoms with Crippen molar-refractivity contribution in [2.24, 2.45) is 0 Å². The molecule has 1 heterocycles. The maximum Gasteiger partial charge on any atom is 0.407 e. The number of amides is 2. The molecule has 0 spiro atoms. The van der Waals surface area contributed by atoms with Gasteiger partial charge in [0.15, 0.2) is 6.10 Å². The summed E-state index contributed by atoms with van der Waals surface area (Å²) in [7, 11) is 3.55. The van der Waals surface area contributed by atoms with Crippen LogP contribution in [-0.4, -0.2) is 80.0 Å². The lowest BCUT2D eigenvalue weighted by atomic mass is 9.98. The Hall–Kier alpha value is -3.43. The van der Waals surface area contributed by atoms with Gasteiger partial charge in [0.1, 0.15) is 12.6 Å². The summed E-state index contributed by atoms with van der Waals surface area (Å²) in [6.07, 6.45) is -1.41. The van der Waals surface area contributed by atoms with Crippen molar-refractivity contribution in [1.82, 2.24) is 15.5 Å². The van der Waals surface area contributed by atoms with Gasteiger partial charge in [-0.05, 0) is 42.8 Å². The van der Waals surface area contributed by atoms with Crippen molar-refractivity contribution in [3.8, 4) is 11.1 Å². The summed E-state index contributed by atoms with van der Waals surface area (Å²) in [5.41, 5.74) is 4.45. The van der Waals surface area contributed by atoms with Crippen LogP contribution in [0.4, 0.5) is 4.79 Å². The quantitative estimate of drug-likeness (QED) is 0.542. The first-order valence-corrected chi connectivity index (χ1v) is 11.3. The van der Waals surface area contributed by atoms with E-state index < -0.39 is 36.2 Å². The molecule has 2 aromatic rings. The maximum atomic E-state index is 12.9. The summed E-state index contributed by atoms with van der Waals surface area (Å²) in [4.78, 5) is 38.6. The Labute approximate surface area is 198 Å². The van der Waals surface area contributed by atoms with Crippen LogP contribution in [0.25, 0.3) is 11.1 Å². The van der Waals surface area contributed by atoms with E-state index in [1.54, 1.807) is 19.0 Å². The van der Waals surface area contributed by atoms with Crippen molar-refractivity contribution in [2.45, 2.75) is 30.5 Å². The molecule has 34 heavy (non-hydrogen) atoms. The van der Waals surface area contributed by atoms with Crippen molar-refractivity contribution in [3.05, 3.63) is 59.7 Å². The molecule has 1 aliphatic carbocycles. The predicted molar refractivity (Wildman–Crippen MR) is 124 cm³/mol. The van der Waals surface area contributed by atoms with Crippen LogP contribution < -0.4 is 10.6 Å². The Morgan fingerprint density at radius 1 is 1.09 bits per heavy atom. The number of fused-ring (bicyclic) bond motifs is 3. The van der Waals surface area contributed by atoms with E-state index >= 15 is 0 Å². The second-order valence-electron chi connectivity index (χ2n) is 8.82. The molecule has 3 atom stereocenters. The molecule has 0 saturated carbocycles. The summed E-state index contributed by atoms with van der Waals surface area (Å²) in [5.74, 6) is -1.70. The first kappa shape index (κ1) is 23.7. The Morgan fingerprint density at radius 2 is 1.71 bits per heavy atom. The van der Waals surface area contributed by atoms with Crippen LogP contribution in [0, 0.1) is 0 Å². The number of nitrogens with zero attached hydrogens (tertiary/aromatic N) is 1. The zero-order valence-electron chi connectivity index (χ0n) is 19.2. The highest BCUT2D eigenvalue weighted by atomic mass is 16.5. The molecule has 1 aliphatic heterocycles. The highest BCUT2D eigenvalue weighted by Crippen LogP contribution is 2.44. The number of nitrogens with one attached hydrogen (secondary N) is 2. The van der Waals surface area contributed by atoms with Crippen LogP contribution in [0.15, 0.2) is 48.5 Å². The number of carboxylic acids is 1. The Balaban J connectivity index is 1.40. The number of likely N-dealkylation sites (N-methyl/N-ethyl adjacent to an activating group) is 1. The molecule has 0 radical (unpaired) electrons. The fourth-order valence-corrected chi connectivity index (χ4v) is 4.61. The summed E-state index contributed by atoms with van der Waals surface area (Å²) in [6.45, 7) is 0.606. The molecule has 0 bridgehead atoms. The summed E-state index contributed by atoms with van der Waals surface area (Å²) in [5, 5.41) is 14.6. The first-order chi connectivity index (χ1) is 16.3. The van der Waals surface area contributed by atoms with Gasteiger partial charge in [-0.1, -0.05) is 48.5 Å². The normalized spacial score (nSPS) is 19.9. The Morgan fingerprint density at radius 3 is 2.29 bits per heavy atom. The number of hydrogen-bond donors (Lipinski definition) is 3. The minimum Gasteiger partial charge on any atom is -0.479 e. The van der Waals surface area contributed by atoms with Crippen molar-refractivity contribution < 1.29 is 29.0 Å². The molecular weight excluding hydrogens is 438 g/mol. The minimum absolute atomic E-state index is 0.0914. The number of hydrogen-bond acceptors (Lipinski definition) is 6. The Kier molecular flexibility index (Phi) is 7.14. The van der Waals surface area contributed by atoms with E-state index in [-0.39, 0.29) is 25.7 Å². The van der Waals surface area contributed by atoms with Gasteiger partial charge in [0, 0.05) is 19.1 Å². The van der Waals surface area contributed by atoms with Crippen molar-refractivity contribution in [2.75, 3.05) is 33.9 Å². The van der Waals surface area contributed by atoms with Crippen LogP contribution in [-0.2, 0) is 19.1 Å². The van der Waals surface area contributed by atoms with Crippen LogP contribution in [0.2, 0.25) is 0 Å². The van der Waals surface area contributed by atoms with E-state index in [1.165, 1.54) is 0 Å². The smallest absolute Gasteiger partial charge is 0.407 e. The fourth-order valence-electron chi connectivity index (χ4n) is 4.61. The molecule has 9 heteroatoms. The van der Waals surface area contributed by atoms with E-state index in [0.29, 0.717) is 6.42 Å². The van der Waals surface area contributed by atoms with E-state index in [0.717, 1.165) is 22.3 Å². The zero-order valence-corrected chi connectivity index (χ0v) is 19.2. The average molecular weight is 468 g/mol. The Bertz CT molecular complexity index is 1030. The molecule has 9 nitrogen and oxygen atoms in total. The van der Waals surface area contributed by atoms with Crippen LogP contribution in [0.5, 0.6) is 0 Å². The molecule has 2 aliphatic rings. The first-order valence-electron chi connectivity index (χ1n) is 11.3. The number of ether oxygens (including phenoxy) is 2. The molecule has 180 valence electrons. The standard InChI is InChI=1S/C25H29N3O6/c1-28(2)13-21(23(29)26-20-11-12-33-22(20)24(30)31)27-25(32)34-14-19-17-9-5-3-7-15(17)16-8-4-6-10-18(16)19/h3-10,19-22H,11-14H2,1-2H3,(H,26,29)(H,27,32)(H,30,31)/t20-,21+,22+/m1/s1. The molecule has 2 aromatic carbocycles. The van der Waals surface area contributed by atoms with Gasteiger partial charge in [0.2, 0.25) is 5.91 Å². The molecule has 2 amide bonds. The third-order valence-corrected chi connectivity index (χ3v) is 6.16. The number of aliphatic carboxylic acids is 1. The largest absolute Gasteiger partial charge is 0.479 e. The maximum absolute atomic E-state index is 12.9. The van der Waals surface area contributed by atoms with Gasteiger partial charge in [-0.25, -0.2) is 9.59 Å². The van der Waals surface area contributed by atoms with E-state index in [4.69, 9.17) is 9.47 Å². The second kappa shape index (κ2) is 10.2. The second-order valence-corrected chi connectivity index (χ2v) is 8.82. The number of benzene rings is 2. The average Bonchev–Trinajstić information content (AvgIpc) is 3.39. The summed E-state index contributed by atoms with van der Waals surface area (Å²) < 4.78 is 10.7. The minimum atomic E-state index is -1.13. The summed E-state index contributed by atoms with van der Waals surface area (Å²) >= 11 is 0. The third-order valence-electron chi connectivity index (χ3n) is 6.16. The van der Waals surface area contributed by atoms with Gasteiger partial charge in [0.05, 0.1) is 6.04 Å². The van der Waals surface area contributed by atoms with Crippen molar-refractivity contribution in [3.63, 3.8) is 0 Å². The number of carbonyl (C=O) groups is 3. The van der Waals surface area contributed by atoms with Crippen molar-refractivity contribution in [1.29, 1.82) is 0 Å². The van der Waals surface area contributed by atoms with Crippen molar-refractivity contribution >= 4 is 18.0 Å². The number of carbonyl (C=O) groups excluding carboxylic acids is 2. The SMILES string of the molecule is CN(C)C[C@H](NC(=O)OCC1c2ccccc2-c2ccccc21)C(=O)N[C@@H]1CCO[C@@H]1C(=O)O. The summed E-state index contributed by atoms with van der Waals surface area (Å²) in [6, 6.07) is 14.5. The molecule has 1 fully saturated rings. The molecule has 1 saturated heterocycles. The van der Waals surface area contributed by atoms with Gasteiger partial charge in [-0.15, -0.1) is 0 Å². The lowest BCUT2D eigenvalue weighted by Gasteiger charge is -2.24. The molecule has 4 rings (SSSR count). The highest BCUT2D eigenvalue weighted by molar-refractivity contribution is 5.87. The number of alkyl carbamates (subject to hydrolysis) is 1. The fraction of sp³-hybridized carbons (Fsp3) is 0.400. The van der Waals surface area contributed by atoms with Crippen LogP contribution in [0.1, 0.15) is 23.5 Å². The van der Waals surface area contributed by atoms with Gasteiger partial charge < -0.3 is 30.1 Å². The van der Waals surface area contributed by atoms with E-state index in [2.05, 4.69) is 22.8 Å². The highest BCUT2D eigenvalue weighted by Gasteiger charge is 2.37. The van der Waals surface area contributed by atoms with Gasteiger partial charge >= 0.3 is 12.1 Å². The van der Waals surface area contributed by atoms with Crippen LogP contribution >= 0.6 is 0 Å². The zero-order chi connectivity index (χ0) is 24.2. The lowest BCUT2D eigenvalue weighted by molar-refractivity contribution is -0.148. The molecule has 0 unspecified atom stereocenters. The molecule has 0 aromatic heterocycles. The predicted octanol–water partition coefficient (Wildman–Crippen LogP) is 1.81. The van der Waals surface area contributed by atoms with Gasteiger partial charge in [-0.3, -0.25) is 4.79 Å². The van der Waals surface area contributed by atoms with Crippen LogP contribution in [0.3, 0.4) is 0 Å². The number of carboxylic acid groups (broad SMARTS) is 1. The third kappa shape index (κ3) is 5.05. The monoisotopic (exact) mass is 467 g/mol. The van der Waals surface area contributed by atoms with Gasteiger partial charge in [-0.2, -0.15) is 0 Å².